The van der Waals surface area contributed by atoms with Gasteiger partial charge in [0.25, 0.3) is 0 Å². The molecule has 0 aliphatic carbocycles. The molecule has 15 heavy (non-hydrogen) atoms. The molecule has 2 rings (SSSR count). The van der Waals surface area contributed by atoms with Crippen molar-refractivity contribution in [2.75, 3.05) is 5.32 Å². The van der Waals surface area contributed by atoms with E-state index >= 15 is 0 Å². The van der Waals surface area contributed by atoms with Crippen LogP contribution >= 0.6 is 0 Å². The molecule has 0 spiro atoms. The lowest BCUT2D eigenvalue weighted by atomic mass is 10.2. The van der Waals surface area contributed by atoms with Gasteiger partial charge in [-0.3, -0.25) is 0 Å². The molecule has 0 bridgehead atoms. The van der Waals surface area contributed by atoms with E-state index in [1.165, 1.54) is 0 Å². The van der Waals surface area contributed by atoms with Gasteiger partial charge in [0.1, 0.15) is 0 Å². The van der Waals surface area contributed by atoms with E-state index in [0.717, 1.165) is 11.4 Å². The minimum Gasteiger partial charge on any atom is -0.357 e. The van der Waals surface area contributed by atoms with E-state index in [2.05, 4.69) is 10.2 Å². The number of hydrogen-bond acceptors (Lipinski definition) is 1. The Morgan fingerprint density at radius 2 is 1.60 bits per heavy atom. The third kappa shape index (κ3) is 2.35. The Hall–Kier alpha value is -2.27. The molecule has 0 atom stereocenters. The lowest BCUT2D eigenvalue weighted by Crippen LogP contribution is -1.88. The molecule has 0 radical (unpaired) electrons. The number of rotatable bonds is 2. The van der Waals surface area contributed by atoms with Crippen LogP contribution in [0, 0.1) is 6.57 Å². The molecular formula is C13H10N2. The minimum absolute atomic E-state index is 0.649. The lowest BCUT2D eigenvalue weighted by Gasteiger charge is -2.05. The Labute approximate surface area is 89.0 Å². The lowest BCUT2D eigenvalue weighted by molar-refractivity contribution is 1.55. The largest absolute Gasteiger partial charge is 0.357 e. The highest BCUT2D eigenvalue weighted by Crippen LogP contribution is 2.21. The Bertz CT molecular complexity index is 483. The van der Waals surface area contributed by atoms with Gasteiger partial charge < -0.3 is 5.32 Å². The van der Waals surface area contributed by atoms with Crippen molar-refractivity contribution in [1.29, 1.82) is 0 Å². The van der Waals surface area contributed by atoms with Gasteiger partial charge in [0, 0.05) is 11.4 Å². The van der Waals surface area contributed by atoms with Gasteiger partial charge in [-0.2, -0.15) is 0 Å². The standard InChI is InChI=1S/C13H10N2/c1-14-12-8-5-9-13(10-12)15-11-6-3-2-4-7-11/h2-10,15H. The van der Waals surface area contributed by atoms with Crippen LogP contribution in [-0.2, 0) is 0 Å². The Balaban J connectivity index is 2.22. The first kappa shape index (κ1) is 9.29. The third-order valence-electron chi connectivity index (χ3n) is 2.04. The van der Waals surface area contributed by atoms with Gasteiger partial charge in [-0.15, -0.1) is 0 Å². The van der Waals surface area contributed by atoms with E-state index in [9.17, 15) is 0 Å². The molecular weight excluding hydrogens is 184 g/mol. The summed E-state index contributed by atoms with van der Waals surface area (Å²) in [5.41, 5.74) is 2.62. The average Bonchev–Trinajstić information content (AvgIpc) is 2.31. The van der Waals surface area contributed by atoms with E-state index in [1.54, 1.807) is 6.07 Å². The maximum Gasteiger partial charge on any atom is 0.189 e. The first-order valence-corrected chi connectivity index (χ1v) is 4.68. The highest BCUT2D eigenvalue weighted by atomic mass is 14.9. The molecule has 72 valence electrons. The van der Waals surface area contributed by atoms with Crippen LogP contribution in [0.15, 0.2) is 54.6 Å². The molecule has 0 aliphatic heterocycles. The Morgan fingerprint density at radius 3 is 2.33 bits per heavy atom. The fourth-order valence-corrected chi connectivity index (χ4v) is 1.34. The van der Waals surface area contributed by atoms with Gasteiger partial charge in [-0.05, 0) is 24.3 Å². The van der Waals surface area contributed by atoms with Crippen LogP contribution in [0.2, 0.25) is 0 Å². The zero-order valence-electron chi connectivity index (χ0n) is 8.14. The maximum atomic E-state index is 6.92. The maximum absolute atomic E-state index is 6.92. The molecule has 1 N–H and O–H groups in total. The molecule has 0 saturated heterocycles. The third-order valence-corrected chi connectivity index (χ3v) is 2.04. The van der Waals surface area contributed by atoms with Crippen molar-refractivity contribution in [3.63, 3.8) is 0 Å². The molecule has 2 aromatic rings. The average molecular weight is 194 g/mol. The second-order valence-electron chi connectivity index (χ2n) is 3.15. The van der Waals surface area contributed by atoms with Crippen LogP contribution < -0.4 is 5.32 Å². The summed E-state index contributed by atoms with van der Waals surface area (Å²) in [7, 11) is 0. The smallest absolute Gasteiger partial charge is 0.189 e. The zero-order valence-corrected chi connectivity index (χ0v) is 8.14. The van der Waals surface area contributed by atoms with E-state index in [0.29, 0.717) is 5.69 Å². The van der Waals surface area contributed by atoms with Crippen LogP contribution in [0.3, 0.4) is 0 Å². The van der Waals surface area contributed by atoms with E-state index < -0.39 is 0 Å². The van der Waals surface area contributed by atoms with Crippen LogP contribution in [0.25, 0.3) is 4.85 Å². The van der Waals surface area contributed by atoms with Gasteiger partial charge >= 0.3 is 0 Å². The number of para-hydroxylation sites is 1. The highest BCUT2D eigenvalue weighted by molar-refractivity contribution is 5.64. The summed E-state index contributed by atoms with van der Waals surface area (Å²) >= 11 is 0. The normalized spacial score (nSPS) is 9.27. The van der Waals surface area contributed by atoms with Gasteiger partial charge in [0.15, 0.2) is 5.69 Å². The number of nitrogens with one attached hydrogen (secondary N) is 1. The fourth-order valence-electron chi connectivity index (χ4n) is 1.34. The molecule has 0 heterocycles. The van der Waals surface area contributed by atoms with Crippen LogP contribution in [0.4, 0.5) is 17.1 Å². The second-order valence-corrected chi connectivity index (χ2v) is 3.15. The van der Waals surface area contributed by atoms with Crippen LogP contribution in [0.5, 0.6) is 0 Å². The predicted octanol–water partition coefficient (Wildman–Crippen LogP) is 3.98. The Kier molecular flexibility index (Phi) is 2.66. The molecule has 2 heteroatoms. The fraction of sp³-hybridized carbons (Fsp3) is 0. The summed E-state index contributed by atoms with van der Waals surface area (Å²) in [6, 6.07) is 17.3. The topological polar surface area (TPSA) is 16.4 Å². The summed E-state index contributed by atoms with van der Waals surface area (Å²) in [6.45, 7) is 6.92. The SMILES string of the molecule is [C-]#[N+]c1cccc(Nc2ccccc2)c1. The van der Waals surface area contributed by atoms with Crippen molar-refractivity contribution in [2.45, 2.75) is 0 Å². The first-order chi connectivity index (χ1) is 7.38. The Morgan fingerprint density at radius 1 is 0.867 bits per heavy atom. The van der Waals surface area contributed by atoms with Gasteiger partial charge in [-0.25, -0.2) is 4.85 Å². The van der Waals surface area contributed by atoms with Gasteiger partial charge in [0.2, 0.25) is 0 Å². The van der Waals surface area contributed by atoms with E-state index in [1.807, 2.05) is 48.5 Å². The number of nitrogens with zero attached hydrogens (tertiary/aromatic N) is 1. The molecule has 0 fully saturated rings. The zero-order chi connectivity index (χ0) is 10.5. The predicted molar refractivity (Wildman–Crippen MR) is 62.4 cm³/mol. The van der Waals surface area contributed by atoms with Crippen LogP contribution in [-0.4, -0.2) is 0 Å². The second kappa shape index (κ2) is 4.30. The van der Waals surface area contributed by atoms with Gasteiger partial charge in [-0.1, -0.05) is 30.3 Å². The van der Waals surface area contributed by atoms with Crippen molar-refractivity contribution in [3.8, 4) is 0 Å². The van der Waals surface area contributed by atoms with Crippen molar-refractivity contribution >= 4 is 17.1 Å². The summed E-state index contributed by atoms with van der Waals surface area (Å²) in [5.74, 6) is 0. The molecule has 0 unspecified atom stereocenters. The first-order valence-electron chi connectivity index (χ1n) is 4.68. The molecule has 0 amide bonds. The number of benzene rings is 2. The molecule has 2 nitrogen and oxygen atoms in total. The molecule has 0 aliphatic rings. The number of anilines is 2. The van der Waals surface area contributed by atoms with Crippen molar-refractivity contribution in [2.24, 2.45) is 0 Å². The van der Waals surface area contributed by atoms with Crippen LogP contribution in [0.1, 0.15) is 0 Å². The van der Waals surface area contributed by atoms with Gasteiger partial charge in [0.05, 0.1) is 6.57 Å². The summed E-state index contributed by atoms with van der Waals surface area (Å²) < 4.78 is 0. The van der Waals surface area contributed by atoms with Crippen molar-refractivity contribution in [1.82, 2.24) is 0 Å². The molecule has 0 saturated carbocycles. The monoisotopic (exact) mass is 194 g/mol. The van der Waals surface area contributed by atoms with E-state index in [-0.39, 0.29) is 0 Å². The van der Waals surface area contributed by atoms with Crippen molar-refractivity contribution < 1.29 is 0 Å². The summed E-state index contributed by atoms with van der Waals surface area (Å²) in [4.78, 5) is 3.38. The minimum atomic E-state index is 0.649. The highest BCUT2D eigenvalue weighted by Gasteiger charge is 1.94. The van der Waals surface area contributed by atoms with Crippen molar-refractivity contribution in [3.05, 3.63) is 66.0 Å². The molecule has 0 aromatic heterocycles. The molecule has 2 aromatic carbocycles. The van der Waals surface area contributed by atoms with E-state index in [4.69, 9.17) is 6.57 Å². The quantitative estimate of drug-likeness (QED) is 0.715. The number of hydrogen-bond donors (Lipinski definition) is 1. The summed E-state index contributed by atoms with van der Waals surface area (Å²) in [6.07, 6.45) is 0. The summed E-state index contributed by atoms with van der Waals surface area (Å²) in [5, 5.41) is 3.24.